The zero-order chi connectivity index (χ0) is 22.7. The van der Waals surface area contributed by atoms with Gasteiger partial charge in [0.05, 0.1) is 33.4 Å². The van der Waals surface area contributed by atoms with E-state index >= 15 is 0 Å². The van der Waals surface area contributed by atoms with Crippen LogP contribution in [0.4, 0.5) is 5.69 Å². The summed E-state index contributed by atoms with van der Waals surface area (Å²) in [4.78, 5) is 28.7. The molecule has 2 amide bonds. The van der Waals surface area contributed by atoms with Crippen molar-refractivity contribution in [2.24, 2.45) is 0 Å². The van der Waals surface area contributed by atoms with Crippen LogP contribution in [0.2, 0.25) is 0 Å². The SMILES string of the molecule is COc1cccc(NC2=C(c3cccs3)C(=O)N(Cc3ccc(OC)c(OC)c3)C2=O)c1. The molecule has 4 rings (SSSR count). The Labute approximate surface area is 189 Å². The Kier molecular flexibility index (Phi) is 6.13. The van der Waals surface area contributed by atoms with Gasteiger partial charge in [-0.15, -0.1) is 11.3 Å². The Hall–Kier alpha value is -3.78. The van der Waals surface area contributed by atoms with E-state index in [1.165, 1.54) is 16.2 Å². The number of benzene rings is 2. The summed E-state index contributed by atoms with van der Waals surface area (Å²) in [6, 6.07) is 16.2. The first-order valence-electron chi connectivity index (χ1n) is 9.82. The lowest BCUT2D eigenvalue weighted by Crippen LogP contribution is -2.32. The van der Waals surface area contributed by atoms with Crippen molar-refractivity contribution in [2.45, 2.75) is 6.54 Å². The van der Waals surface area contributed by atoms with Crippen LogP contribution in [0, 0.1) is 0 Å². The van der Waals surface area contributed by atoms with Crippen molar-refractivity contribution in [2.75, 3.05) is 26.6 Å². The number of rotatable bonds is 8. The highest BCUT2D eigenvalue weighted by molar-refractivity contribution is 7.11. The van der Waals surface area contributed by atoms with Crippen LogP contribution in [0.3, 0.4) is 0 Å². The molecule has 2 aromatic carbocycles. The molecule has 2 heterocycles. The first kappa shape index (κ1) is 21.5. The quantitative estimate of drug-likeness (QED) is 0.519. The van der Waals surface area contributed by atoms with Gasteiger partial charge >= 0.3 is 0 Å². The van der Waals surface area contributed by atoms with Crippen molar-refractivity contribution in [1.82, 2.24) is 4.90 Å². The van der Waals surface area contributed by atoms with Crippen molar-refractivity contribution < 1.29 is 23.8 Å². The van der Waals surface area contributed by atoms with Crippen molar-refractivity contribution in [1.29, 1.82) is 0 Å². The normalized spacial score (nSPS) is 13.5. The van der Waals surface area contributed by atoms with Crippen LogP contribution in [0.1, 0.15) is 10.4 Å². The lowest BCUT2D eigenvalue weighted by Gasteiger charge is -2.17. The summed E-state index contributed by atoms with van der Waals surface area (Å²) in [5.74, 6) is 1.01. The van der Waals surface area contributed by atoms with Gasteiger partial charge in [0, 0.05) is 16.6 Å². The number of thiophene rings is 1. The lowest BCUT2D eigenvalue weighted by atomic mass is 10.1. The van der Waals surface area contributed by atoms with Crippen LogP contribution in [-0.4, -0.2) is 38.0 Å². The monoisotopic (exact) mass is 450 g/mol. The Bertz CT molecular complexity index is 1190. The molecule has 0 radical (unpaired) electrons. The fourth-order valence-electron chi connectivity index (χ4n) is 3.49. The molecule has 1 aliphatic rings. The van der Waals surface area contributed by atoms with Gasteiger partial charge in [0.25, 0.3) is 11.8 Å². The molecule has 0 saturated carbocycles. The van der Waals surface area contributed by atoms with E-state index in [9.17, 15) is 9.59 Å². The third kappa shape index (κ3) is 4.04. The molecule has 0 bridgehead atoms. The fourth-order valence-corrected chi connectivity index (χ4v) is 4.26. The van der Waals surface area contributed by atoms with Crippen molar-refractivity contribution in [3.63, 3.8) is 0 Å². The molecule has 3 aromatic rings. The predicted octanol–water partition coefficient (Wildman–Crippen LogP) is 4.17. The molecule has 0 spiro atoms. The van der Waals surface area contributed by atoms with Gasteiger partial charge in [-0.2, -0.15) is 0 Å². The highest BCUT2D eigenvalue weighted by Gasteiger charge is 2.39. The predicted molar refractivity (Wildman–Crippen MR) is 123 cm³/mol. The number of imide groups is 1. The molecular formula is C24H22N2O5S. The number of carbonyl (C=O) groups excluding carboxylic acids is 2. The second-order valence-corrected chi connectivity index (χ2v) is 7.92. The average Bonchev–Trinajstić information content (AvgIpc) is 3.42. The van der Waals surface area contributed by atoms with E-state index in [0.29, 0.717) is 28.5 Å². The molecule has 1 N–H and O–H groups in total. The Morgan fingerprint density at radius 3 is 2.38 bits per heavy atom. The number of methoxy groups -OCH3 is 3. The topological polar surface area (TPSA) is 77.1 Å². The standard InChI is InChI=1S/C24H22N2O5S/c1-29-17-7-4-6-16(13-17)25-22-21(20-8-5-11-32-20)23(27)26(24(22)28)14-15-9-10-18(30-2)19(12-15)31-3/h4-13,25H,14H2,1-3H3. The average molecular weight is 451 g/mol. The zero-order valence-corrected chi connectivity index (χ0v) is 18.7. The first-order valence-corrected chi connectivity index (χ1v) is 10.7. The molecule has 164 valence electrons. The van der Waals surface area contributed by atoms with Crippen LogP contribution < -0.4 is 19.5 Å². The number of hydrogen-bond acceptors (Lipinski definition) is 7. The van der Waals surface area contributed by atoms with E-state index in [-0.39, 0.29) is 18.1 Å². The maximum atomic E-state index is 13.4. The van der Waals surface area contributed by atoms with Gasteiger partial charge in [0.1, 0.15) is 11.4 Å². The summed E-state index contributed by atoms with van der Waals surface area (Å²) in [6.07, 6.45) is 0. The number of hydrogen-bond donors (Lipinski definition) is 1. The summed E-state index contributed by atoms with van der Waals surface area (Å²) in [7, 11) is 4.67. The lowest BCUT2D eigenvalue weighted by molar-refractivity contribution is -0.137. The molecule has 0 saturated heterocycles. The highest BCUT2D eigenvalue weighted by Crippen LogP contribution is 2.35. The molecule has 8 heteroatoms. The van der Waals surface area contributed by atoms with E-state index in [2.05, 4.69) is 5.32 Å². The molecule has 0 atom stereocenters. The first-order chi connectivity index (χ1) is 15.5. The van der Waals surface area contributed by atoms with E-state index in [4.69, 9.17) is 14.2 Å². The summed E-state index contributed by atoms with van der Waals surface area (Å²) in [6.45, 7) is 0.107. The number of amides is 2. The third-order valence-electron chi connectivity index (χ3n) is 5.06. The molecule has 1 aliphatic heterocycles. The Morgan fingerprint density at radius 1 is 0.875 bits per heavy atom. The molecular weight excluding hydrogens is 428 g/mol. The summed E-state index contributed by atoms with van der Waals surface area (Å²) in [5.41, 5.74) is 2.00. The molecule has 7 nitrogen and oxygen atoms in total. The number of nitrogens with one attached hydrogen (secondary N) is 1. The van der Waals surface area contributed by atoms with Gasteiger partial charge in [-0.3, -0.25) is 14.5 Å². The molecule has 1 aromatic heterocycles. The number of nitrogens with zero attached hydrogens (tertiary/aromatic N) is 1. The number of ether oxygens (including phenoxy) is 3. The zero-order valence-electron chi connectivity index (χ0n) is 17.9. The largest absolute Gasteiger partial charge is 0.497 e. The van der Waals surface area contributed by atoms with Crippen molar-refractivity contribution in [3.8, 4) is 17.2 Å². The summed E-state index contributed by atoms with van der Waals surface area (Å²) >= 11 is 1.41. The van der Waals surface area contributed by atoms with E-state index in [0.717, 1.165) is 10.4 Å². The fraction of sp³-hybridized carbons (Fsp3) is 0.167. The second-order valence-electron chi connectivity index (χ2n) is 6.97. The molecule has 32 heavy (non-hydrogen) atoms. The smallest absolute Gasteiger partial charge is 0.278 e. The highest BCUT2D eigenvalue weighted by atomic mass is 32.1. The van der Waals surface area contributed by atoms with E-state index < -0.39 is 5.91 Å². The van der Waals surface area contributed by atoms with Gasteiger partial charge in [0.15, 0.2) is 11.5 Å². The van der Waals surface area contributed by atoms with E-state index in [1.54, 1.807) is 45.6 Å². The van der Waals surface area contributed by atoms with Gasteiger partial charge < -0.3 is 19.5 Å². The summed E-state index contributed by atoms with van der Waals surface area (Å²) in [5, 5.41) is 5.02. The van der Waals surface area contributed by atoms with Gasteiger partial charge in [-0.25, -0.2) is 0 Å². The molecule has 0 unspecified atom stereocenters. The Morgan fingerprint density at radius 2 is 1.69 bits per heavy atom. The maximum Gasteiger partial charge on any atom is 0.278 e. The van der Waals surface area contributed by atoms with Crippen LogP contribution >= 0.6 is 11.3 Å². The molecule has 0 fully saturated rings. The van der Waals surface area contributed by atoms with Crippen LogP contribution in [-0.2, 0) is 16.1 Å². The number of anilines is 1. The minimum Gasteiger partial charge on any atom is -0.497 e. The Balaban J connectivity index is 1.68. The minimum absolute atomic E-state index is 0.107. The van der Waals surface area contributed by atoms with Crippen LogP contribution in [0.15, 0.2) is 65.7 Å². The van der Waals surface area contributed by atoms with Gasteiger partial charge in [-0.1, -0.05) is 18.2 Å². The summed E-state index contributed by atoms with van der Waals surface area (Å²) < 4.78 is 15.9. The maximum absolute atomic E-state index is 13.4. The van der Waals surface area contributed by atoms with E-state index in [1.807, 2.05) is 35.7 Å². The van der Waals surface area contributed by atoms with Crippen LogP contribution in [0.25, 0.3) is 5.57 Å². The second kappa shape index (κ2) is 9.15. The number of carbonyl (C=O) groups is 2. The van der Waals surface area contributed by atoms with Gasteiger partial charge in [-0.05, 0) is 41.3 Å². The van der Waals surface area contributed by atoms with Crippen molar-refractivity contribution in [3.05, 3.63) is 76.1 Å². The minimum atomic E-state index is -0.393. The van der Waals surface area contributed by atoms with Gasteiger partial charge in [0.2, 0.25) is 0 Å². The van der Waals surface area contributed by atoms with Crippen molar-refractivity contribution >= 4 is 34.4 Å². The molecule has 0 aliphatic carbocycles. The van der Waals surface area contributed by atoms with Crippen LogP contribution in [0.5, 0.6) is 17.2 Å². The third-order valence-corrected chi connectivity index (χ3v) is 5.95.